The van der Waals surface area contributed by atoms with Crippen LogP contribution in [0.15, 0.2) is 6.20 Å². The highest BCUT2D eigenvalue weighted by molar-refractivity contribution is 7.11. The first-order chi connectivity index (χ1) is 6.63. The maximum absolute atomic E-state index is 11.1. The average molecular weight is 213 g/mol. The fourth-order valence-electron chi connectivity index (χ4n) is 1.03. The van der Waals surface area contributed by atoms with Crippen molar-refractivity contribution in [1.82, 2.24) is 4.98 Å². The number of hydrogen-bond acceptors (Lipinski definition) is 4. The Morgan fingerprint density at radius 3 is 2.86 bits per heavy atom. The van der Waals surface area contributed by atoms with Gasteiger partial charge in [-0.2, -0.15) is 0 Å². The zero-order valence-electron chi connectivity index (χ0n) is 8.74. The molecule has 0 aromatic carbocycles. The van der Waals surface area contributed by atoms with E-state index in [2.05, 4.69) is 18.8 Å². The van der Waals surface area contributed by atoms with Gasteiger partial charge in [-0.1, -0.05) is 13.8 Å². The van der Waals surface area contributed by atoms with Crippen LogP contribution in [-0.4, -0.2) is 17.6 Å². The van der Waals surface area contributed by atoms with E-state index in [1.54, 1.807) is 17.5 Å². The quantitative estimate of drug-likeness (QED) is 0.721. The molecule has 0 aliphatic carbocycles. The van der Waals surface area contributed by atoms with Gasteiger partial charge in [-0.05, 0) is 6.92 Å². The summed E-state index contributed by atoms with van der Waals surface area (Å²) in [4.78, 5) is 16.4. The van der Waals surface area contributed by atoms with E-state index < -0.39 is 0 Å². The third-order valence-electron chi connectivity index (χ3n) is 1.69. The molecule has 0 spiro atoms. The first-order valence-electron chi connectivity index (χ1n) is 4.73. The Balaban J connectivity index is 2.55. The molecule has 0 amide bonds. The second kappa shape index (κ2) is 5.10. The highest BCUT2D eigenvalue weighted by Crippen LogP contribution is 2.21. The topological polar surface area (TPSA) is 39.2 Å². The van der Waals surface area contributed by atoms with E-state index in [1.807, 2.05) is 6.92 Å². The SMILES string of the molecule is CCOC(=O)Cc1cnc(C(C)C)s1. The van der Waals surface area contributed by atoms with E-state index in [0.717, 1.165) is 9.88 Å². The Morgan fingerprint density at radius 2 is 2.36 bits per heavy atom. The summed E-state index contributed by atoms with van der Waals surface area (Å²) >= 11 is 1.58. The van der Waals surface area contributed by atoms with Crippen molar-refractivity contribution >= 4 is 17.3 Å². The first kappa shape index (κ1) is 11.2. The van der Waals surface area contributed by atoms with Crippen LogP contribution in [0.2, 0.25) is 0 Å². The standard InChI is InChI=1S/C10H15NO2S/c1-4-13-9(12)5-8-6-11-10(14-8)7(2)3/h6-7H,4-5H2,1-3H3. The summed E-state index contributed by atoms with van der Waals surface area (Å²) in [6, 6.07) is 0. The normalized spacial score (nSPS) is 10.6. The van der Waals surface area contributed by atoms with E-state index in [4.69, 9.17) is 4.74 Å². The maximum Gasteiger partial charge on any atom is 0.311 e. The van der Waals surface area contributed by atoms with Gasteiger partial charge in [0.25, 0.3) is 0 Å². The molecule has 0 saturated carbocycles. The molecule has 14 heavy (non-hydrogen) atoms. The molecule has 0 N–H and O–H groups in total. The zero-order chi connectivity index (χ0) is 10.6. The van der Waals surface area contributed by atoms with Gasteiger partial charge in [0.1, 0.15) is 0 Å². The van der Waals surface area contributed by atoms with Crippen LogP contribution in [0.3, 0.4) is 0 Å². The molecular weight excluding hydrogens is 198 g/mol. The molecule has 0 aliphatic heterocycles. The Morgan fingerprint density at radius 1 is 1.64 bits per heavy atom. The van der Waals surface area contributed by atoms with Crippen LogP contribution < -0.4 is 0 Å². The Kier molecular flexibility index (Phi) is 4.07. The summed E-state index contributed by atoms with van der Waals surface area (Å²) in [6.45, 7) is 6.43. The van der Waals surface area contributed by atoms with Gasteiger partial charge in [0.15, 0.2) is 0 Å². The lowest BCUT2D eigenvalue weighted by molar-refractivity contribution is -0.142. The van der Waals surface area contributed by atoms with Crippen LogP contribution in [0.5, 0.6) is 0 Å². The molecule has 1 aromatic heterocycles. The largest absolute Gasteiger partial charge is 0.466 e. The van der Waals surface area contributed by atoms with Crippen molar-refractivity contribution < 1.29 is 9.53 Å². The second-order valence-corrected chi connectivity index (χ2v) is 4.45. The Hall–Kier alpha value is -0.900. The fraction of sp³-hybridized carbons (Fsp3) is 0.600. The van der Waals surface area contributed by atoms with Crippen LogP contribution in [0.25, 0.3) is 0 Å². The first-order valence-corrected chi connectivity index (χ1v) is 5.55. The lowest BCUT2D eigenvalue weighted by atomic mass is 10.2. The minimum absolute atomic E-state index is 0.175. The van der Waals surface area contributed by atoms with E-state index in [9.17, 15) is 4.79 Å². The Labute approximate surface area is 88.1 Å². The molecule has 4 heteroatoms. The number of hydrogen-bond donors (Lipinski definition) is 0. The molecule has 78 valence electrons. The van der Waals surface area contributed by atoms with Crippen molar-refractivity contribution in [2.75, 3.05) is 6.61 Å². The number of carbonyl (C=O) groups is 1. The molecule has 0 unspecified atom stereocenters. The third-order valence-corrected chi connectivity index (χ3v) is 2.99. The third kappa shape index (κ3) is 3.10. The molecule has 0 bridgehead atoms. The molecule has 0 fully saturated rings. The van der Waals surface area contributed by atoms with Crippen molar-refractivity contribution in [1.29, 1.82) is 0 Å². The molecule has 0 atom stereocenters. The highest BCUT2D eigenvalue weighted by atomic mass is 32.1. The van der Waals surface area contributed by atoms with E-state index in [1.165, 1.54) is 0 Å². The van der Waals surface area contributed by atoms with Crippen molar-refractivity contribution in [2.45, 2.75) is 33.1 Å². The van der Waals surface area contributed by atoms with Gasteiger partial charge in [0.2, 0.25) is 0 Å². The monoisotopic (exact) mass is 213 g/mol. The van der Waals surface area contributed by atoms with Crippen LogP contribution in [0.4, 0.5) is 0 Å². The average Bonchev–Trinajstić information content (AvgIpc) is 2.53. The number of esters is 1. The summed E-state index contributed by atoms with van der Waals surface area (Å²) in [5.74, 6) is 0.252. The smallest absolute Gasteiger partial charge is 0.311 e. The van der Waals surface area contributed by atoms with E-state index in [0.29, 0.717) is 18.9 Å². The summed E-state index contributed by atoms with van der Waals surface area (Å²) in [5, 5.41) is 1.07. The van der Waals surface area contributed by atoms with Crippen LogP contribution in [0, 0.1) is 0 Å². The number of nitrogens with zero attached hydrogens (tertiary/aromatic N) is 1. The molecular formula is C10H15NO2S. The van der Waals surface area contributed by atoms with Crippen LogP contribution in [-0.2, 0) is 16.0 Å². The van der Waals surface area contributed by atoms with Gasteiger partial charge in [0, 0.05) is 17.0 Å². The van der Waals surface area contributed by atoms with Gasteiger partial charge in [-0.25, -0.2) is 4.98 Å². The molecule has 3 nitrogen and oxygen atoms in total. The van der Waals surface area contributed by atoms with Crippen LogP contribution in [0.1, 0.15) is 36.6 Å². The van der Waals surface area contributed by atoms with E-state index >= 15 is 0 Å². The summed E-state index contributed by atoms with van der Waals surface area (Å²) in [7, 11) is 0. The predicted molar refractivity (Wildman–Crippen MR) is 56.5 cm³/mol. The Bertz CT molecular complexity index is 307. The number of ether oxygens (including phenoxy) is 1. The molecule has 0 radical (unpaired) electrons. The van der Waals surface area contributed by atoms with Gasteiger partial charge >= 0.3 is 5.97 Å². The van der Waals surface area contributed by atoms with Gasteiger partial charge < -0.3 is 4.74 Å². The summed E-state index contributed by atoms with van der Waals surface area (Å²) in [6.07, 6.45) is 2.11. The summed E-state index contributed by atoms with van der Waals surface area (Å²) < 4.78 is 4.86. The van der Waals surface area contributed by atoms with Crippen molar-refractivity contribution in [3.8, 4) is 0 Å². The van der Waals surface area contributed by atoms with Gasteiger partial charge in [0.05, 0.1) is 18.0 Å². The van der Waals surface area contributed by atoms with Crippen LogP contribution >= 0.6 is 11.3 Å². The molecule has 1 heterocycles. The lowest BCUT2D eigenvalue weighted by Gasteiger charge is -1.98. The number of rotatable bonds is 4. The summed E-state index contributed by atoms with van der Waals surface area (Å²) in [5.41, 5.74) is 0. The molecule has 0 aliphatic rings. The minimum Gasteiger partial charge on any atom is -0.466 e. The van der Waals surface area contributed by atoms with Crippen molar-refractivity contribution in [3.05, 3.63) is 16.1 Å². The van der Waals surface area contributed by atoms with Gasteiger partial charge in [-0.3, -0.25) is 4.79 Å². The molecule has 0 saturated heterocycles. The second-order valence-electron chi connectivity index (χ2n) is 3.30. The number of aromatic nitrogens is 1. The molecule has 1 aromatic rings. The highest BCUT2D eigenvalue weighted by Gasteiger charge is 2.09. The molecule has 1 rings (SSSR count). The zero-order valence-corrected chi connectivity index (χ0v) is 9.56. The number of thiazole rings is 1. The van der Waals surface area contributed by atoms with Crippen molar-refractivity contribution in [2.24, 2.45) is 0 Å². The van der Waals surface area contributed by atoms with Gasteiger partial charge in [-0.15, -0.1) is 11.3 Å². The maximum atomic E-state index is 11.1. The number of carbonyl (C=O) groups excluding carboxylic acids is 1. The lowest BCUT2D eigenvalue weighted by Crippen LogP contribution is -2.06. The van der Waals surface area contributed by atoms with Crippen molar-refractivity contribution in [3.63, 3.8) is 0 Å². The predicted octanol–water partition coefficient (Wildman–Crippen LogP) is 2.37. The minimum atomic E-state index is -0.175. The van der Waals surface area contributed by atoms with E-state index in [-0.39, 0.29) is 5.97 Å². The fourth-order valence-corrected chi connectivity index (χ4v) is 1.93.